The first-order valence-electron chi connectivity index (χ1n) is 5.97. The molecule has 3 rings (SSSR count). The number of rotatable bonds is 2. The summed E-state index contributed by atoms with van der Waals surface area (Å²) >= 11 is 0. The van der Waals surface area contributed by atoms with E-state index in [2.05, 4.69) is 30.3 Å². The molecule has 3 aromatic rings. The Hall–Kier alpha value is -2.35. The second-order valence-electron chi connectivity index (χ2n) is 4.43. The standard InChI is InChI=1S/C16H13NO/c18-17-9-8-15-7-6-14(11-16(15)12-17)10-13-4-2-1-3-5-13/h1-9,11-12H,10H2. The van der Waals surface area contributed by atoms with Crippen molar-refractivity contribution >= 4 is 10.8 Å². The molecule has 2 aromatic carbocycles. The van der Waals surface area contributed by atoms with Crippen LogP contribution in [0.1, 0.15) is 11.1 Å². The first-order valence-corrected chi connectivity index (χ1v) is 5.97. The Morgan fingerprint density at radius 1 is 0.833 bits per heavy atom. The Morgan fingerprint density at radius 3 is 2.50 bits per heavy atom. The summed E-state index contributed by atoms with van der Waals surface area (Å²) in [5.41, 5.74) is 2.50. The maximum Gasteiger partial charge on any atom is 0.188 e. The van der Waals surface area contributed by atoms with Gasteiger partial charge in [-0.25, -0.2) is 0 Å². The fourth-order valence-electron chi connectivity index (χ4n) is 2.16. The largest absolute Gasteiger partial charge is 0.619 e. The summed E-state index contributed by atoms with van der Waals surface area (Å²) in [7, 11) is 0. The minimum absolute atomic E-state index is 0.842. The van der Waals surface area contributed by atoms with E-state index in [9.17, 15) is 5.21 Å². The third-order valence-electron chi connectivity index (χ3n) is 3.07. The van der Waals surface area contributed by atoms with Gasteiger partial charge in [-0.3, -0.25) is 0 Å². The molecule has 0 saturated heterocycles. The molecule has 88 valence electrons. The smallest absolute Gasteiger partial charge is 0.188 e. The molecule has 2 nitrogen and oxygen atoms in total. The number of pyridine rings is 1. The van der Waals surface area contributed by atoms with Crippen LogP contribution in [-0.2, 0) is 6.42 Å². The zero-order chi connectivity index (χ0) is 12.4. The van der Waals surface area contributed by atoms with Crippen LogP contribution >= 0.6 is 0 Å². The van der Waals surface area contributed by atoms with E-state index < -0.39 is 0 Å². The van der Waals surface area contributed by atoms with Gasteiger partial charge in [0.2, 0.25) is 0 Å². The molecule has 0 bridgehead atoms. The Balaban J connectivity index is 1.98. The van der Waals surface area contributed by atoms with Crippen molar-refractivity contribution in [3.8, 4) is 0 Å². The van der Waals surface area contributed by atoms with Gasteiger partial charge in [0.05, 0.1) is 0 Å². The number of benzene rings is 2. The topological polar surface area (TPSA) is 26.9 Å². The van der Waals surface area contributed by atoms with Gasteiger partial charge in [0.25, 0.3) is 0 Å². The second-order valence-corrected chi connectivity index (χ2v) is 4.43. The molecule has 0 unspecified atom stereocenters. The highest BCUT2D eigenvalue weighted by Gasteiger charge is 2.01. The SMILES string of the molecule is [O-][n+]1ccc2ccc(Cc3ccccc3)cc2c1. The van der Waals surface area contributed by atoms with Crippen LogP contribution < -0.4 is 4.73 Å². The Labute approximate surface area is 106 Å². The summed E-state index contributed by atoms with van der Waals surface area (Å²) in [5, 5.41) is 13.4. The van der Waals surface area contributed by atoms with Crippen molar-refractivity contribution in [3.63, 3.8) is 0 Å². The molecule has 0 atom stereocenters. The van der Waals surface area contributed by atoms with Gasteiger partial charge < -0.3 is 5.21 Å². The van der Waals surface area contributed by atoms with E-state index >= 15 is 0 Å². The first-order chi connectivity index (χ1) is 8.81. The minimum Gasteiger partial charge on any atom is -0.619 e. The van der Waals surface area contributed by atoms with Crippen LogP contribution in [0.15, 0.2) is 67.0 Å². The summed E-state index contributed by atoms with van der Waals surface area (Å²) < 4.78 is 0.842. The summed E-state index contributed by atoms with van der Waals surface area (Å²) in [5.74, 6) is 0. The van der Waals surface area contributed by atoms with E-state index in [0.717, 1.165) is 21.9 Å². The monoisotopic (exact) mass is 235 g/mol. The van der Waals surface area contributed by atoms with Gasteiger partial charge in [-0.15, -0.1) is 0 Å². The average molecular weight is 235 g/mol. The van der Waals surface area contributed by atoms with E-state index in [0.29, 0.717) is 0 Å². The van der Waals surface area contributed by atoms with Crippen molar-refractivity contribution in [1.82, 2.24) is 0 Å². The molecule has 2 heteroatoms. The number of aromatic nitrogens is 1. The lowest BCUT2D eigenvalue weighted by atomic mass is 10.0. The van der Waals surface area contributed by atoms with Crippen LogP contribution in [0.2, 0.25) is 0 Å². The summed E-state index contributed by atoms with van der Waals surface area (Å²) in [6, 6.07) is 18.4. The maximum atomic E-state index is 11.3. The van der Waals surface area contributed by atoms with Gasteiger partial charge in [-0.1, -0.05) is 42.5 Å². The van der Waals surface area contributed by atoms with Crippen molar-refractivity contribution in [2.45, 2.75) is 6.42 Å². The minimum atomic E-state index is 0.842. The molecule has 1 heterocycles. The Morgan fingerprint density at radius 2 is 1.67 bits per heavy atom. The number of hydrogen-bond donors (Lipinski definition) is 0. The molecule has 0 radical (unpaired) electrons. The molecular formula is C16H13NO. The number of hydrogen-bond acceptors (Lipinski definition) is 1. The van der Waals surface area contributed by atoms with Crippen molar-refractivity contribution in [2.75, 3.05) is 0 Å². The van der Waals surface area contributed by atoms with Crippen LogP contribution in [0.3, 0.4) is 0 Å². The molecule has 0 fully saturated rings. The average Bonchev–Trinajstić information content (AvgIpc) is 2.39. The fourth-order valence-corrected chi connectivity index (χ4v) is 2.16. The lowest BCUT2D eigenvalue weighted by molar-refractivity contribution is -0.603. The summed E-state index contributed by atoms with van der Waals surface area (Å²) in [4.78, 5) is 0. The van der Waals surface area contributed by atoms with Crippen LogP contribution in [0.4, 0.5) is 0 Å². The third-order valence-corrected chi connectivity index (χ3v) is 3.07. The van der Waals surface area contributed by atoms with Crippen molar-refractivity contribution in [2.24, 2.45) is 0 Å². The van der Waals surface area contributed by atoms with E-state index in [1.165, 1.54) is 17.3 Å². The van der Waals surface area contributed by atoms with Gasteiger partial charge in [0.15, 0.2) is 12.4 Å². The second kappa shape index (κ2) is 4.49. The highest BCUT2D eigenvalue weighted by Crippen LogP contribution is 2.16. The van der Waals surface area contributed by atoms with Crippen molar-refractivity contribution < 1.29 is 4.73 Å². The van der Waals surface area contributed by atoms with E-state index in [-0.39, 0.29) is 0 Å². The van der Waals surface area contributed by atoms with Gasteiger partial charge in [0.1, 0.15) is 0 Å². The predicted molar refractivity (Wildman–Crippen MR) is 72.2 cm³/mol. The highest BCUT2D eigenvalue weighted by molar-refractivity contribution is 5.81. The predicted octanol–water partition coefficient (Wildman–Crippen LogP) is 3.06. The van der Waals surface area contributed by atoms with Crippen LogP contribution in [0.5, 0.6) is 0 Å². The third kappa shape index (κ3) is 2.18. The lowest BCUT2D eigenvalue weighted by Gasteiger charge is -2.04. The molecule has 0 aliphatic heterocycles. The molecular weight excluding hydrogens is 222 g/mol. The molecule has 1 aromatic heterocycles. The van der Waals surface area contributed by atoms with E-state index in [1.807, 2.05) is 24.3 Å². The molecule has 0 saturated carbocycles. The van der Waals surface area contributed by atoms with Crippen molar-refractivity contribution in [1.29, 1.82) is 0 Å². The van der Waals surface area contributed by atoms with Crippen molar-refractivity contribution in [3.05, 3.63) is 83.3 Å². The van der Waals surface area contributed by atoms with Gasteiger partial charge in [-0.2, -0.15) is 4.73 Å². The van der Waals surface area contributed by atoms with Gasteiger partial charge >= 0.3 is 0 Å². The summed E-state index contributed by atoms with van der Waals surface area (Å²) in [6.07, 6.45) is 4.04. The van der Waals surface area contributed by atoms with E-state index in [1.54, 1.807) is 6.20 Å². The number of fused-ring (bicyclic) bond motifs is 1. The molecule has 0 aliphatic rings. The highest BCUT2D eigenvalue weighted by atomic mass is 16.5. The quantitative estimate of drug-likeness (QED) is 0.495. The van der Waals surface area contributed by atoms with Crippen LogP contribution in [0, 0.1) is 5.21 Å². The fraction of sp³-hybridized carbons (Fsp3) is 0.0625. The molecule has 18 heavy (non-hydrogen) atoms. The van der Waals surface area contributed by atoms with Crippen LogP contribution in [-0.4, -0.2) is 0 Å². The zero-order valence-electron chi connectivity index (χ0n) is 9.91. The normalized spacial score (nSPS) is 10.7. The molecule has 0 N–H and O–H groups in total. The zero-order valence-corrected chi connectivity index (χ0v) is 9.91. The maximum absolute atomic E-state index is 11.3. The van der Waals surface area contributed by atoms with E-state index in [4.69, 9.17) is 0 Å². The summed E-state index contributed by atoms with van der Waals surface area (Å²) in [6.45, 7) is 0. The van der Waals surface area contributed by atoms with Gasteiger partial charge in [-0.05, 0) is 29.0 Å². The number of nitrogens with zero attached hydrogens (tertiary/aromatic N) is 1. The molecule has 0 amide bonds. The van der Waals surface area contributed by atoms with Crippen LogP contribution in [0.25, 0.3) is 10.8 Å². The Kier molecular flexibility index (Phi) is 2.69. The molecule has 0 aliphatic carbocycles. The molecule has 0 spiro atoms. The first kappa shape index (κ1) is 10.8. The lowest BCUT2D eigenvalue weighted by Crippen LogP contribution is -2.23. The van der Waals surface area contributed by atoms with Gasteiger partial charge in [0, 0.05) is 11.5 Å². The Bertz CT molecular complexity index is 677.